The van der Waals surface area contributed by atoms with Crippen molar-refractivity contribution in [3.8, 4) is 0 Å². The summed E-state index contributed by atoms with van der Waals surface area (Å²) in [6, 6.07) is 0. The number of carbonyl (C=O) groups excluding carboxylic acids is 1. The molecule has 0 aliphatic carbocycles. The van der Waals surface area contributed by atoms with Gasteiger partial charge in [0.2, 0.25) is 0 Å². The highest BCUT2D eigenvalue weighted by molar-refractivity contribution is 7.97. The van der Waals surface area contributed by atoms with Gasteiger partial charge in [0.1, 0.15) is 0 Å². The van der Waals surface area contributed by atoms with Crippen molar-refractivity contribution >= 4 is 15.6 Å². The normalized spacial score (nSPS) is 22.5. The van der Waals surface area contributed by atoms with E-state index in [4.69, 9.17) is 0 Å². The Labute approximate surface area is 59.0 Å². The maximum absolute atomic E-state index is 10.7. The first-order valence-corrected chi connectivity index (χ1v) is 4.28. The molecule has 0 unspecified atom stereocenters. The van der Waals surface area contributed by atoms with Gasteiger partial charge in [-0.3, -0.25) is 4.79 Å². The molecule has 1 rings (SSSR count). The molecule has 10 heavy (non-hydrogen) atoms. The smallest absolute Gasteiger partial charge is 0.193 e. The largest absolute Gasteiger partial charge is 0.290 e. The van der Waals surface area contributed by atoms with Gasteiger partial charge in [-0.05, 0) is 13.0 Å². The van der Waals surface area contributed by atoms with Crippen molar-refractivity contribution in [1.29, 1.82) is 0 Å². The average molecular weight is 158 g/mol. The minimum absolute atomic E-state index is 0.241. The fraction of sp³-hybridized carbons (Fsp3) is 0.167. The summed E-state index contributed by atoms with van der Waals surface area (Å²) in [6.45, 7) is 1.48. The van der Waals surface area contributed by atoms with Crippen LogP contribution in [-0.2, 0) is 14.6 Å². The molecule has 54 valence electrons. The Morgan fingerprint density at radius 3 is 2.40 bits per heavy atom. The van der Waals surface area contributed by atoms with Crippen molar-refractivity contribution in [3.63, 3.8) is 0 Å². The van der Waals surface area contributed by atoms with Crippen LogP contribution in [0, 0.1) is 0 Å². The molecule has 0 aromatic carbocycles. The molecular formula is C6H6O3S. The zero-order chi connectivity index (χ0) is 7.78. The zero-order valence-corrected chi connectivity index (χ0v) is 6.18. The molecule has 0 spiro atoms. The Balaban J connectivity index is 3.20. The quantitative estimate of drug-likeness (QED) is 0.512. The third-order valence-electron chi connectivity index (χ3n) is 1.14. The van der Waals surface area contributed by atoms with E-state index in [1.165, 1.54) is 6.92 Å². The van der Waals surface area contributed by atoms with Crippen LogP contribution in [0.25, 0.3) is 0 Å². The van der Waals surface area contributed by atoms with E-state index in [2.05, 4.69) is 0 Å². The van der Waals surface area contributed by atoms with Crippen LogP contribution in [0.1, 0.15) is 6.92 Å². The van der Waals surface area contributed by atoms with E-state index >= 15 is 0 Å². The summed E-state index contributed by atoms with van der Waals surface area (Å²) in [5.41, 5.74) is 0.266. The summed E-state index contributed by atoms with van der Waals surface area (Å²) in [5, 5.41) is 1.87. The van der Waals surface area contributed by atoms with Gasteiger partial charge in [0.05, 0.1) is 0 Å². The number of carbonyl (C=O) groups is 1. The molecule has 0 atom stereocenters. The SMILES string of the molecule is CC1=CS(=O)(=O)C=CC1=O. The molecule has 0 aromatic heterocycles. The van der Waals surface area contributed by atoms with Gasteiger partial charge in [0.25, 0.3) is 0 Å². The summed E-state index contributed by atoms with van der Waals surface area (Å²) in [4.78, 5) is 10.7. The Kier molecular flexibility index (Phi) is 1.48. The lowest BCUT2D eigenvalue weighted by Gasteiger charge is -1.99. The number of hydrogen-bond donors (Lipinski definition) is 0. The summed E-state index contributed by atoms with van der Waals surface area (Å²) >= 11 is 0. The maximum Gasteiger partial charge on any atom is 0.193 e. The Bertz CT molecular complexity index is 319. The topological polar surface area (TPSA) is 51.2 Å². The van der Waals surface area contributed by atoms with Gasteiger partial charge in [-0.2, -0.15) is 0 Å². The van der Waals surface area contributed by atoms with Crippen molar-refractivity contribution in [2.45, 2.75) is 6.92 Å². The van der Waals surface area contributed by atoms with Crippen molar-refractivity contribution in [2.24, 2.45) is 0 Å². The third-order valence-corrected chi connectivity index (χ3v) is 2.34. The third kappa shape index (κ3) is 1.33. The lowest BCUT2D eigenvalue weighted by molar-refractivity contribution is -0.111. The average Bonchev–Trinajstić information content (AvgIpc) is 1.79. The van der Waals surface area contributed by atoms with Crippen LogP contribution < -0.4 is 0 Å². The highest BCUT2D eigenvalue weighted by Gasteiger charge is 2.12. The number of ketones is 1. The van der Waals surface area contributed by atoms with Crippen molar-refractivity contribution < 1.29 is 13.2 Å². The first-order chi connectivity index (χ1) is 4.51. The van der Waals surface area contributed by atoms with Crippen LogP contribution in [-0.4, -0.2) is 14.2 Å². The van der Waals surface area contributed by atoms with E-state index in [1.54, 1.807) is 0 Å². The highest BCUT2D eigenvalue weighted by Crippen LogP contribution is 2.09. The molecule has 0 aromatic rings. The molecule has 0 bridgehead atoms. The number of hydrogen-bond acceptors (Lipinski definition) is 3. The van der Waals surface area contributed by atoms with Crippen molar-refractivity contribution in [3.05, 3.63) is 22.5 Å². The summed E-state index contributed by atoms with van der Waals surface area (Å²) < 4.78 is 21.4. The molecule has 3 nitrogen and oxygen atoms in total. The van der Waals surface area contributed by atoms with Crippen LogP contribution in [0.15, 0.2) is 22.5 Å². The van der Waals surface area contributed by atoms with E-state index < -0.39 is 9.84 Å². The lowest BCUT2D eigenvalue weighted by atomic mass is 10.2. The van der Waals surface area contributed by atoms with Gasteiger partial charge < -0.3 is 0 Å². The van der Waals surface area contributed by atoms with Gasteiger partial charge in [0, 0.05) is 16.4 Å². The molecular weight excluding hydrogens is 152 g/mol. The summed E-state index contributed by atoms with van der Waals surface area (Å²) in [6.07, 6.45) is 1.06. The van der Waals surface area contributed by atoms with Crippen LogP contribution >= 0.6 is 0 Å². The molecule has 0 fully saturated rings. The van der Waals surface area contributed by atoms with E-state index in [0.29, 0.717) is 0 Å². The standard InChI is InChI=1S/C6H6O3S/c1-5-4-10(8,9)3-2-6(5)7/h2-4H,1H3. The predicted molar refractivity (Wildman–Crippen MR) is 36.8 cm³/mol. The fourth-order valence-corrected chi connectivity index (χ4v) is 1.63. The van der Waals surface area contributed by atoms with E-state index in [1.807, 2.05) is 0 Å². The first kappa shape index (κ1) is 7.21. The maximum atomic E-state index is 10.7. The molecule has 0 saturated heterocycles. The van der Waals surface area contributed by atoms with Crippen LogP contribution in [0.4, 0.5) is 0 Å². The molecule has 1 aliphatic heterocycles. The molecule has 0 saturated carbocycles. The number of sulfone groups is 1. The molecule has 1 heterocycles. The van der Waals surface area contributed by atoms with Crippen molar-refractivity contribution in [1.82, 2.24) is 0 Å². The van der Waals surface area contributed by atoms with Gasteiger partial charge in [0.15, 0.2) is 15.6 Å². The first-order valence-electron chi connectivity index (χ1n) is 2.67. The van der Waals surface area contributed by atoms with Crippen molar-refractivity contribution in [2.75, 3.05) is 0 Å². The van der Waals surface area contributed by atoms with Gasteiger partial charge in [-0.25, -0.2) is 8.42 Å². The second-order valence-corrected chi connectivity index (χ2v) is 3.74. The molecule has 4 heteroatoms. The fourth-order valence-electron chi connectivity index (χ4n) is 0.632. The van der Waals surface area contributed by atoms with E-state index in [-0.39, 0.29) is 11.4 Å². The summed E-state index contributed by atoms with van der Waals surface area (Å²) in [7, 11) is -3.23. The van der Waals surface area contributed by atoms with Gasteiger partial charge in [-0.15, -0.1) is 0 Å². The van der Waals surface area contributed by atoms with Crippen LogP contribution in [0.2, 0.25) is 0 Å². The second kappa shape index (κ2) is 2.05. The molecule has 0 radical (unpaired) electrons. The van der Waals surface area contributed by atoms with Gasteiger partial charge >= 0.3 is 0 Å². The van der Waals surface area contributed by atoms with Gasteiger partial charge in [-0.1, -0.05) is 0 Å². The minimum Gasteiger partial charge on any atom is -0.290 e. The van der Waals surface area contributed by atoms with Crippen LogP contribution in [0.5, 0.6) is 0 Å². The lowest BCUT2D eigenvalue weighted by Crippen LogP contribution is -2.04. The Morgan fingerprint density at radius 2 is 2.00 bits per heavy atom. The Morgan fingerprint density at radius 1 is 1.40 bits per heavy atom. The Hall–Kier alpha value is -0.900. The molecule has 0 amide bonds. The van der Waals surface area contributed by atoms with E-state index in [9.17, 15) is 13.2 Å². The van der Waals surface area contributed by atoms with Crippen LogP contribution in [0.3, 0.4) is 0 Å². The minimum atomic E-state index is -3.23. The molecule has 1 aliphatic rings. The highest BCUT2D eigenvalue weighted by atomic mass is 32.2. The summed E-state index contributed by atoms with van der Waals surface area (Å²) in [5.74, 6) is -0.241. The predicted octanol–water partition coefficient (Wildman–Crippen LogP) is 0.401. The van der Waals surface area contributed by atoms with E-state index in [0.717, 1.165) is 16.9 Å². The molecule has 0 N–H and O–H groups in total. The number of rotatable bonds is 0. The number of allylic oxidation sites excluding steroid dienone is 2. The second-order valence-electron chi connectivity index (χ2n) is 2.06. The monoisotopic (exact) mass is 158 g/mol. The zero-order valence-electron chi connectivity index (χ0n) is 5.37.